The zero-order valence-corrected chi connectivity index (χ0v) is 12.1. The summed E-state index contributed by atoms with van der Waals surface area (Å²) in [6.07, 6.45) is 3.86. The molecule has 0 atom stereocenters. The van der Waals surface area contributed by atoms with Crippen LogP contribution in [-0.2, 0) is 13.5 Å². The van der Waals surface area contributed by atoms with E-state index in [1.165, 1.54) is 0 Å². The van der Waals surface area contributed by atoms with Crippen LogP contribution < -0.4 is 5.32 Å². The molecule has 0 unspecified atom stereocenters. The molecule has 0 saturated carbocycles. The number of nitrogens with zero attached hydrogens (tertiary/aromatic N) is 4. The molecule has 102 valence electrons. The summed E-state index contributed by atoms with van der Waals surface area (Å²) >= 11 is 0. The van der Waals surface area contributed by atoms with Gasteiger partial charge in [-0.3, -0.25) is 4.68 Å². The lowest BCUT2D eigenvalue weighted by molar-refractivity contribution is 0.767. The third-order valence-electron chi connectivity index (χ3n) is 2.97. The molecule has 0 saturated heterocycles. The molecule has 0 bridgehead atoms. The Hall–Kier alpha value is -1.91. The fraction of sp³-hybridized carbons (Fsp3) is 0.500. The molecule has 1 N–H and O–H groups in total. The summed E-state index contributed by atoms with van der Waals surface area (Å²) in [4.78, 5) is 9.25. The minimum absolute atomic E-state index is 0.852. The van der Waals surface area contributed by atoms with Crippen LogP contribution in [0.4, 0.5) is 5.82 Å². The number of rotatable bonds is 5. The van der Waals surface area contributed by atoms with Crippen LogP contribution in [0.25, 0.3) is 11.4 Å². The lowest BCUT2D eigenvalue weighted by Crippen LogP contribution is -2.08. The van der Waals surface area contributed by atoms with Gasteiger partial charge in [-0.25, -0.2) is 9.97 Å². The van der Waals surface area contributed by atoms with Gasteiger partial charge in [0, 0.05) is 31.8 Å². The van der Waals surface area contributed by atoms with Gasteiger partial charge in [0.25, 0.3) is 0 Å². The average Bonchev–Trinajstić information content (AvgIpc) is 2.80. The molecule has 2 aromatic heterocycles. The van der Waals surface area contributed by atoms with Gasteiger partial charge in [-0.15, -0.1) is 0 Å². The summed E-state index contributed by atoms with van der Waals surface area (Å²) in [7, 11) is 1.91. The minimum Gasteiger partial charge on any atom is -0.370 e. The predicted molar refractivity (Wildman–Crippen MR) is 77.1 cm³/mol. The van der Waals surface area contributed by atoms with Gasteiger partial charge in [0.1, 0.15) is 17.3 Å². The molecule has 2 rings (SSSR count). The number of aromatic nitrogens is 4. The van der Waals surface area contributed by atoms with Crippen LogP contribution in [0.1, 0.15) is 31.7 Å². The first kappa shape index (κ1) is 13.5. The van der Waals surface area contributed by atoms with Crippen molar-refractivity contribution in [2.75, 3.05) is 11.9 Å². The molecule has 0 amide bonds. The maximum Gasteiger partial charge on any atom is 0.133 e. The van der Waals surface area contributed by atoms with Crippen LogP contribution in [0.3, 0.4) is 0 Å². The van der Waals surface area contributed by atoms with E-state index in [2.05, 4.69) is 34.2 Å². The van der Waals surface area contributed by atoms with Crippen molar-refractivity contribution in [3.8, 4) is 11.4 Å². The Labute approximate surface area is 114 Å². The van der Waals surface area contributed by atoms with E-state index < -0.39 is 0 Å². The van der Waals surface area contributed by atoms with Crippen LogP contribution in [-0.4, -0.2) is 26.3 Å². The fourth-order valence-corrected chi connectivity index (χ4v) is 2.03. The lowest BCUT2D eigenvalue weighted by Gasteiger charge is -2.11. The maximum atomic E-state index is 4.66. The third kappa shape index (κ3) is 2.92. The summed E-state index contributed by atoms with van der Waals surface area (Å²) in [5, 5.41) is 7.75. The molecule has 2 aromatic rings. The van der Waals surface area contributed by atoms with Crippen LogP contribution in [0.15, 0.2) is 12.3 Å². The Bertz CT molecular complexity index is 559. The Morgan fingerprint density at radius 3 is 2.63 bits per heavy atom. The molecule has 0 aromatic carbocycles. The Morgan fingerprint density at radius 2 is 2.05 bits per heavy atom. The highest BCUT2D eigenvalue weighted by Crippen LogP contribution is 2.24. The number of hydrogen-bond acceptors (Lipinski definition) is 4. The number of hydrogen-bond donors (Lipinski definition) is 1. The van der Waals surface area contributed by atoms with Crippen molar-refractivity contribution in [2.45, 2.75) is 33.6 Å². The molecular formula is C14H21N5. The van der Waals surface area contributed by atoms with Crippen molar-refractivity contribution < 1.29 is 0 Å². The molecule has 0 spiro atoms. The molecule has 0 aliphatic heterocycles. The zero-order chi connectivity index (χ0) is 13.8. The minimum atomic E-state index is 0.852. The highest BCUT2D eigenvalue weighted by atomic mass is 15.3. The Kier molecular flexibility index (Phi) is 4.14. The topological polar surface area (TPSA) is 55.6 Å². The van der Waals surface area contributed by atoms with Crippen LogP contribution in [0.5, 0.6) is 0 Å². The van der Waals surface area contributed by atoms with Crippen LogP contribution in [0.2, 0.25) is 0 Å². The molecule has 0 fully saturated rings. The first-order chi connectivity index (χ1) is 9.15. The number of nitrogens with one attached hydrogen (secondary N) is 1. The van der Waals surface area contributed by atoms with Gasteiger partial charge in [0.05, 0.1) is 5.69 Å². The highest BCUT2D eigenvalue weighted by Gasteiger charge is 2.13. The third-order valence-corrected chi connectivity index (χ3v) is 2.97. The summed E-state index contributed by atoms with van der Waals surface area (Å²) < 4.78 is 1.79. The van der Waals surface area contributed by atoms with E-state index in [-0.39, 0.29) is 0 Å². The van der Waals surface area contributed by atoms with E-state index in [9.17, 15) is 0 Å². The molecule has 5 heteroatoms. The van der Waals surface area contributed by atoms with Gasteiger partial charge in [-0.05, 0) is 26.3 Å². The highest BCUT2D eigenvalue weighted by molar-refractivity contribution is 5.64. The second kappa shape index (κ2) is 5.82. The van der Waals surface area contributed by atoms with E-state index in [1.54, 1.807) is 4.68 Å². The zero-order valence-electron chi connectivity index (χ0n) is 12.1. The van der Waals surface area contributed by atoms with Crippen molar-refractivity contribution in [1.29, 1.82) is 0 Å². The van der Waals surface area contributed by atoms with Crippen molar-refractivity contribution in [1.82, 2.24) is 19.7 Å². The van der Waals surface area contributed by atoms with Crippen molar-refractivity contribution in [2.24, 2.45) is 7.05 Å². The summed E-state index contributed by atoms with van der Waals surface area (Å²) in [5.74, 6) is 1.80. The van der Waals surface area contributed by atoms with Crippen molar-refractivity contribution >= 4 is 5.82 Å². The largest absolute Gasteiger partial charge is 0.370 e. The van der Waals surface area contributed by atoms with Gasteiger partial charge < -0.3 is 5.32 Å². The van der Waals surface area contributed by atoms with Gasteiger partial charge in [0.2, 0.25) is 0 Å². The van der Waals surface area contributed by atoms with Crippen molar-refractivity contribution in [3.63, 3.8) is 0 Å². The fourth-order valence-electron chi connectivity index (χ4n) is 2.03. The van der Waals surface area contributed by atoms with Crippen LogP contribution >= 0.6 is 0 Å². The molecule has 5 nitrogen and oxygen atoms in total. The van der Waals surface area contributed by atoms with E-state index in [0.717, 1.165) is 48.0 Å². The number of anilines is 1. The smallest absolute Gasteiger partial charge is 0.133 e. The maximum absolute atomic E-state index is 4.66. The SMILES string of the molecule is CCCc1nc(NCC)c(C)c(-c2ccn(C)n2)n1. The second-order valence-corrected chi connectivity index (χ2v) is 4.62. The van der Waals surface area contributed by atoms with Gasteiger partial charge in [-0.1, -0.05) is 6.92 Å². The average molecular weight is 259 g/mol. The predicted octanol–water partition coefficient (Wildman–Crippen LogP) is 2.57. The van der Waals surface area contributed by atoms with E-state index in [4.69, 9.17) is 0 Å². The number of aryl methyl sites for hydroxylation is 2. The molecule has 0 aliphatic rings. The van der Waals surface area contributed by atoms with E-state index in [1.807, 2.05) is 26.2 Å². The van der Waals surface area contributed by atoms with Crippen molar-refractivity contribution in [3.05, 3.63) is 23.7 Å². The Balaban J connectivity index is 2.51. The normalized spacial score (nSPS) is 10.7. The molecular weight excluding hydrogens is 238 g/mol. The standard InChI is InChI=1S/C14H21N5/c1-5-7-12-16-13(11-8-9-19(4)18-11)10(3)14(17-12)15-6-2/h8-9H,5-7H2,1-4H3,(H,15,16,17). The van der Waals surface area contributed by atoms with Gasteiger partial charge in [-0.2, -0.15) is 5.10 Å². The monoisotopic (exact) mass is 259 g/mol. The molecule has 19 heavy (non-hydrogen) atoms. The van der Waals surface area contributed by atoms with E-state index in [0.29, 0.717) is 0 Å². The molecule has 0 radical (unpaired) electrons. The lowest BCUT2D eigenvalue weighted by atomic mass is 10.1. The Morgan fingerprint density at radius 1 is 1.26 bits per heavy atom. The molecule has 2 heterocycles. The summed E-state index contributed by atoms with van der Waals surface area (Å²) in [6.45, 7) is 7.10. The summed E-state index contributed by atoms with van der Waals surface area (Å²) in [6, 6.07) is 1.99. The first-order valence-corrected chi connectivity index (χ1v) is 6.77. The summed E-state index contributed by atoms with van der Waals surface area (Å²) in [5.41, 5.74) is 2.88. The molecule has 0 aliphatic carbocycles. The first-order valence-electron chi connectivity index (χ1n) is 6.77. The van der Waals surface area contributed by atoms with Gasteiger partial charge in [0.15, 0.2) is 0 Å². The van der Waals surface area contributed by atoms with Gasteiger partial charge >= 0.3 is 0 Å². The second-order valence-electron chi connectivity index (χ2n) is 4.62. The van der Waals surface area contributed by atoms with E-state index >= 15 is 0 Å². The van der Waals surface area contributed by atoms with Crippen LogP contribution in [0, 0.1) is 6.92 Å². The quantitative estimate of drug-likeness (QED) is 0.896.